The van der Waals surface area contributed by atoms with Crippen LogP contribution in [0.2, 0.25) is 0 Å². The summed E-state index contributed by atoms with van der Waals surface area (Å²) in [6, 6.07) is 8.60. The van der Waals surface area contributed by atoms with Gasteiger partial charge in [-0.1, -0.05) is 31.2 Å². The molecule has 1 heterocycles. The molecule has 3 heteroatoms. The summed E-state index contributed by atoms with van der Waals surface area (Å²) in [5, 5.41) is 4.15. The third-order valence-electron chi connectivity index (χ3n) is 3.03. The highest BCUT2D eigenvalue weighted by atomic mass is 15.2. The quantitative estimate of drug-likeness (QED) is 0.873. The third kappa shape index (κ3) is 2.94. The molecular formula is C14H19N3. The first-order valence-electron chi connectivity index (χ1n) is 6.01. The Kier molecular flexibility index (Phi) is 3.59. The SMILES string of the molecule is CCc1ccc(C(N)Cc2cnn(C)c2)cc1. The second-order valence-corrected chi connectivity index (χ2v) is 4.43. The van der Waals surface area contributed by atoms with Gasteiger partial charge in [-0.15, -0.1) is 0 Å². The van der Waals surface area contributed by atoms with Gasteiger partial charge in [0.2, 0.25) is 0 Å². The zero-order chi connectivity index (χ0) is 12.3. The van der Waals surface area contributed by atoms with Crippen LogP contribution < -0.4 is 5.73 Å². The van der Waals surface area contributed by atoms with Crippen LogP contribution in [0.3, 0.4) is 0 Å². The Hall–Kier alpha value is -1.61. The van der Waals surface area contributed by atoms with E-state index in [4.69, 9.17) is 5.73 Å². The molecular weight excluding hydrogens is 210 g/mol. The minimum atomic E-state index is 0.0464. The third-order valence-corrected chi connectivity index (χ3v) is 3.03. The minimum Gasteiger partial charge on any atom is -0.324 e. The van der Waals surface area contributed by atoms with Gasteiger partial charge in [0.25, 0.3) is 0 Å². The molecule has 0 aliphatic heterocycles. The Morgan fingerprint density at radius 2 is 1.94 bits per heavy atom. The van der Waals surface area contributed by atoms with E-state index >= 15 is 0 Å². The molecule has 0 spiro atoms. The van der Waals surface area contributed by atoms with Crippen molar-refractivity contribution in [2.75, 3.05) is 0 Å². The van der Waals surface area contributed by atoms with Gasteiger partial charge in [-0.2, -0.15) is 5.10 Å². The van der Waals surface area contributed by atoms with E-state index in [2.05, 4.69) is 36.3 Å². The summed E-state index contributed by atoms with van der Waals surface area (Å²) in [6.45, 7) is 2.16. The van der Waals surface area contributed by atoms with Crippen LogP contribution in [0.5, 0.6) is 0 Å². The maximum absolute atomic E-state index is 6.19. The number of nitrogens with zero attached hydrogens (tertiary/aromatic N) is 2. The molecule has 2 N–H and O–H groups in total. The molecule has 0 aliphatic rings. The fraction of sp³-hybridized carbons (Fsp3) is 0.357. The van der Waals surface area contributed by atoms with Gasteiger partial charge in [-0.05, 0) is 29.5 Å². The first kappa shape index (κ1) is 11.9. The average molecular weight is 229 g/mol. The Balaban J connectivity index is 2.06. The van der Waals surface area contributed by atoms with Crippen LogP contribution in [-0.2, 0) is 19.9 Å². The molecule has 2 aromatic rings. The molecule has 90 valence electrons. The fourth-order valence-electron chi connectivity index (χ4n) is 1.95. The van der Waals surface area contributed by atoms with E-state index in [9.17, 15) is 0 Å². The highest BCUT2D eigenvalue weighted by Crippen LogP contribution is 2.16. The zero-order valence-corrected chi connectivity index (χ0v) is 10.4. The van der Waals surface area contributed by atoms with Crippen molar-refractivity contribution in [1.82, 2.24) is 9.78 Å². The number of aromatic nitrogens is 2. The molecule has 17 heavy (non-hydrogen) atoms. The van der Waals surface area contributed by atoms with Gasteiger partial charge in [0, 0.05) is 19.3 Å². The highest BCUT2D eigenvalue weighted by Gasteiger charge is 2.08. The van der Waals surface area contributed by atoms with E-state index in [0.717, 1.165) is 12.8 Å². The summed E-state index contributed by atoms with van der Waals surface area (Å²) in [4.78, 5) is 0. The van der Waals surface area contributed by atoms with Crippen LogP contribution >= 0.6 is 0 Å². The van der Waals surface area contributed by atoms with Gasteiger partial charge in [0.1, 0.15) is 0 Å². The van der Waals surface area contributed by atoms with Crippen molar-refractivity contribution in [3.05, 3.63) is 53.3 Å². The van der Waals surface area contributed by atoms with Crippen LogP contribution in [0.1, 0.15) is 29.7 Å². The molecule has 1 unspecified atom stereocenters. The number of benzene rings is 1. The maximum Gasteiger partial charge on any atom is 0.0522 e. The van der Waals surface area contributed by atoms with Gasteiger partial charge in [-0.3, -0.25) is 4.68 Å². The van der Waals surface area contributed by atoms with Crippen molar-refractivity contribution in [3.63, 3.8) is 0 Å². The predicted octanol–water partition coefficient (Wildman–Crippen LogP) is 2.22. The van der Waals surface area contributed by atoms with Crippen molar-refractivity contribution in [3.8, 4) is 0 Å². The summed E-state index contributed by atoms with van der Waals surface area (Å²) in [6.07, 6.45) is 5.79. The Bertz CT molecular complexity index is 470. The number of rotatable bonds is 4. The Morgan fingerprint density at radius 3 is 2.47 bits per heavy atom. The summed E-state index contributed by atoms with van der Waals surface area (Å²) in [5.74, 6) is 0. The van der Waals surface area contributed by atoms with E-state index in [-0.39, 0.29) is 6.04 Å². The van der Waals surface area contributed by atoms with Gasteiger partial charge in [-0.25, -0.2) is 0 Å². The number of aryl methyl sites for hydroxylation is 2. The molecule has 0 saturated heterocycles. The van der Waals surface area contributed by atoms with E-state index in [1.807, 2.05) is 24.1 Å². The lowest BCUT2D eigenvalue weighted by atomic mass is 10.00. The monoisotopic (exact) mass is 229 g/mol. The Morgan fingerprint density at radius 1 is 1.24 bits per heavy atom. The molecule has 0 amide bonds. The van der Waals surface area contributed by atoms with Crippen molar-refractivity contribution in [1.29, 1.82) is 0 Å². The van der Waals surface area contributed by atoms with Crippen LogP contribution in [0.4, 0.5) is 0 Å². The average Bonchev–Trinajstić information content (AvgIpc) is 2.75. The van der Waals surface area contributed by atoms with Crippen molar-refractivity contribution < 1.29 is 0 Å². The predicted molar refractivity (Wildman–Crippen MR) is 69.7 cm³/mol. The van der Waals surface area contributed by atoms with Crippen LogP contribution in [0.25, 0.3) is 0 Å². The van der Waals surface area contributed by atoms with E-state index < -0.39 is 0 Å². The number of nitrogens with two attached hydrogens (primary N) is 1. The summed E-state index contributed by atoms with van der Waals surface area (Å²) in [5.41, 5.74) is 9.91. The topological polar surface area (TPSA) is 43.8 Å². The number of hydrogen-bond donors (Lipinski definition) is 1. The van der Waals surface area contributed by atoms with Crippen LogP contribution in [0, 0.1) is 0 Å². The normalized spacial score (nSPS) is 12.6. The smallest absolute Gasteiger partial charge is 0.0522 e. The van der Waals surface area contributed by atoms with Gasteiger partial charge in [0.15, 0.2) is 0 Å². The van der Waals surface area contributed by atoms with E-state index in [1.165, 1.54) is 16.7 Å². The zero-order valence-electron chi connectivity index (χ0n) is 10.4. The van der Waals surface area contributed by atoms with Crippen LogP contribution in [-0.4, -0.2) is 9.78 Å². The van der Waals surface area contributed by atoms with Crippen molar-refractivity contribution in [2.45, 2.75) is 25.8 Å². The maximum atomic E-state index is 6.19. The lowest BCUT2D eigenvalue weighted by molar-refractivity contribution is 0.718. The molecule has 0 saturated carbocycles. The molecule has 1 aromatic heterocycles. The molecule has 0 aliphatic carbocycles. The van der Waals surface area contributed by atoms with E-state index in [0.29, 0.717) is 0 Å². The second-order valence-electron chi connectivity index (χ2n) is 4.43. The molecule has 2 rings (SSSR count). The van der Waals surface area contributed by atoms with Gasteiger partial charge >= 0.3 is 0 Å². The lowest BCUT2D eigenvalue weighted by Crippen LogP contribution is -2.13. The lowest BCUT2D eigenvalue weighted by Gasteiger charge is -2.11. The van der Waals surface area contributed by atoms with Gasteiger partial charge in [0.05, 0.1) is 6.20 Å². The molecule has 1 aromatic carbocycles. The fourth-order valence-corrected chi connectivity index (χ4v) is 1.95. The van der Waals surface area contributed by atoms with Crippen molar-refractivity contribution >= 4 is 0 Å². The largest absolute Gasteiger partial charge is 0.324 e. The molecule has 1 atom stereocenters. The Labute approximate surface area is 102 Å². The number of hydrogen-bond acceptors (Lipinski definition) is 2. The molecule has 3 nitrogen and oxygen atoms in total. The first-order chi connectivity index (χ1) is 8.19. The summed E-state index contributed by atoms with van der Waals surface area (Å²) in [7, 11) is 1.92. The first-order valence-corrected chi connectivity index (χ1v) is 6.01. The summed E-state index contributed by atoms with van der Waals surface area (Å²) < 4.78 is 1.81. The van der Waals surface area contributed by atoms with E-state index in [1.54, 1.807) is 0 Å². The van der Waals surface area contributed by atoms with Gasteiger partial charge < -0.3 is 5.73 Å². The second kappa shape index (κ2) is 5.15. The van der Waals surface area contributed by atoms with Crippen LogP contribution in [0.15, 0.2) is 36.7 Å². The minimum absolute atomic E-state index is 0.0464. The highest BCUT2D eigenvalue weighted by molar-refractivity contribution is 5.26. The summed E-state index contributed by atoms with van der Waals surface area (Å²) >= 11 is 0. The molecule has 0 radical (unpaired) electrons. The van der Waals surface area contributed by atoms with Crippen molar-refractivity contribution in [2.24, 2.45) is 12.8 Å². The molecule has 0 bridgehead atoms. The standard InChI is InChI=1S/C14H19N3/c1-3-11-4-6-13(7-5-11)14(15)8-12-9-16-17(2)10-12/h4-7,9-10,14H,3,8,15H2,1-2H3. The molecule has 0 fully saturated rings.